The number of alkyl halides is 1. The Morgan fingerprint density at radius 3 is 2.92 bits per heavy atom. The molecule has 0 unspecified atom stereocenters. The van der Waals surface area contributed by atoms with E-state index < -0.39 is 6.17 Å². The molecular formula is C17H24FN7. The Morgan fingerprint density at radius 1 is 1.52 bits per heavy atom. The van der Waals surface area contributed by atoms with E-state index in [4.69, 9.17) is 16.9 Å². The number of hydrogen-bond acceptors (Lipinski definition) is 6. The molecule has 2 rings (SSSR count). The Morgan fingerprint density at radius 2 is 2.32 bits per heavy atom. The first-order valence-corrected chi connectivity index (χ1v) is 8.03. The third kappa shape index (κ3) is 5.59. The lowest BCUT2D eigenvalue weighted by molar-refractivity contribution is 0.364. The second-order valence-electron chi connectivity index (χ2n) is 5.73. The van der Waals surface area contributed by atoms with E-state index in [0.29, 0.717) is 36.6 Å². The largest absolute Gasteiger partial charge is 0.400 e. The van der Waals surface area contributed by atoms with E-state index in [1.165, 1.54) is 6.08 Å². The van der Waals surface area contributed by atoms with Crippen molar-refractivity contribution in [2.75, 3.05) is 31.6 Å². The summed E-state index contributed by atoms with van der Waals surface area (Å²) in [5.74, 6) is 1.07. The van der Waals surface area contributed by atoms with E-state index in [-0.39, 0.29) is 12.3 Å². The van der Waals surface area contributed by atoms with Crippen LogP contribution in [0.1, 0.15) is 12.0 Å². The van der Waals surface area contributed by atoms with E-state index in [1.54, 1.807) is 37.7 Å². The average Bonchev–Trinajstić information content (AvgIpc) is 3.04. The van der Waals surface area contributed by atoms with E-state index in [2.05, 4.69) is 15.3 Å². The Bertz CT molecular complexity index is 679. The average molecular weight is 345 g/mol. The van der Waals surface area contributed by atoms with E-state index in [0.717, 1.165) is 5.82 Å². The number of nitrogens with one attached hydrogen (secondary N) is 2. The zero-order valence-corrected chi connectivity index (χ0v) is 14.2. The van der Waals surface area contributed by atoms with Gasteiger partial charge in [-0.15, -0.1) is 0 Å². The molecule has 7 nitrogen and oxygen atoms in total. The van der Waals surface area contributed by atoms with Crippen LogP contribution in [-0.2, 0) is 0 Å². The molecule has 134 valence electrons. The SMILES string of the molecule is CN/C=C\C(N)=NC/C(N)=C/C(=N)c1ccc(N2CC[C@H](F)C2)nc1. The number of aromatic nitrogens is 1. The summed E-state index contributed by atoms with van der Waals surface area (Å²) >= 11 is 0. The number of allylic oxidation sites excluding steroid dienone is 1. The van der Waals surface area contributed by atoms with Gasteiger partial charge in [0.25, 0.3) is 0 Å². The van der Waals surface area contributed by atoms with Crippen molar-refractivity contribution in [3.8, 4) is 0 Å². The van der Waals surface area contributed by atoms with Gasteiger partial charge in [-0.2, -0.15) is 0 Å². The molecule has 0 saturated carbocycles. The summed E-state index contributed by atoms with van der Waals surface area (Å²) < 4.78 is 13.3. The fraction of sp³-hybridized carbons (Fsp3) is 0.353. The van der Waals surface area contributed by atoms with Crippen LogP contribution >= 0.6 is 0 Å². The second kappa shape index (κ2) is 8.81. The van der Waals surface area contributed by atoms with Gasteiger partial charge in [-0.25, -0.2) is 9.37 Å². The second-order valence-corrected chi connectivity index (χ2v) is 5.73. The molecule has 2 heterocycles. The molecule has 0 aromatic carbocycles. The van der Waals surface area contributed by atoms with Crippen molar-refractivity contribution in [1.82, 2.24) is 10.3 Å². The highest BCUT2D eigenvalue weighted by Gasteiger charge is 2.22. The van der Waals surface area contributed by atoms with E-state index >= 15 is 0 Å². The number of hydrogen-bond donors (Lipinski definition) is 4. The molecule has 25 heavy (non-hydrogen) atoms. The summed E-state index contributed by atoms with van der Waals surface area (Å²) in [6.07, 6.45) is 6.16. The van der Waals surface area contributed by atoms with Gasteiger partial charge in [0.05, 0.1) is 18.8 Å². The molecule has 8 heteroatoms. The quantitative estimate of drug-likeness (QED) is 0.433. The molecule has 1 fully saturated rings. The normalized spacial score (nSPS) is 18.8. The summed E-state index contributed by atoms with van der Waals surface area (Å²) in [6.45, 7) is 1.25. The molecule has 1 aromatic heterocycles. The Labute approximate surface area is 146 Å². The number of amidine groups is 1. The predicted octanol–water partition coefficient (Wildman–Crippen LogP) is 0.931. The van der Waals surface area contributed by atoms with Crippen LogP contribution < -0.4 is 21.7 Å². The van der Waals surface area contributed by atoms with Crippen molar-refractivity contribution in [2.24, 2.45) is 16.5 Å². The minimum atomic E-state index is -0.793. The minimum Gasteiger partial charge on any atom is -0.400 e. The zero-order chi connectivity index (χ0) is 18.2. The van der Waals surface area contributed by atoms with Gasteiger partial charge < -0.3 is 27.1 Å². The monoisotopic (exact) mass is 345 g/mol. The molecule has 1 atom stereocenters. The third-order valence-electron chi connectivity index (χ3n) is 3.71. The van der Waals surface area contributed by atoms with Gasteiger partial charge in [0.1, 0.15) is 17.8 Å². The lowest BCUT2D eigenvalue weighted by Gasteiger charge is -2.16. The van der Waals surface area contributed by atoms with Gasteiger partial charge in [0.15, 0.2) is 0 Å². The molecule has 0 amide bonds. The van der Waals surface area contributed by atoms with Crippen molar-refractivity contribution in [2.45, 2.75) is 12.6 Å². The smallest absolute Gasteiger partial charge is 0.128 e. The van der Waals surface area contributed by atoms with E-state index in [1.807, 2.05) is 4.90 Å². The number of anilines is 1. The van der Waals surface area contributed by atoms with Crippen LogP contribution in [0.15, 0.2) is 47.4 Å². The Kier molecular flexibility index (Phi) is 6.50. The number of rotatable bonds is 7. The van der Waals surface area contributed by atoms with Crippen LogP contribution in [0.4, 0.5) is 10.2 Å². The van der Waals surface area contributed by atoms with Crippen LogP contribution in [0.3, 0.4) is 0 Å². The lowest BCUT2D eigenvalue weighted by Crippen LogP contribution is -2.21. The van der Waals surface area contributed by atoms with Crippen LogP contribution in [0.2, 0.25) is 0 Å². The highest BCUT2D eigenvalue weighted by atomic mass is 19.1. The molecule has 0 spiro atoms. The first-order valence-electron chi connectivity index (χ1n) is 8.03. The maximum Gasteiger partial charge on any atom is 0.128 e. The summed E-state index contributed by atoms with van der Waals surface area (Å²) in [5, 5.41) is 10.9. The molecule has 0 radical (unpaired) electrons. The van der Waals surface area contributed by atoms with Gasteiger partial charge >= 0.3 is 0 Å². The molecule has 0 aliphatic carbocycles. The van der Waals surface area contributed by atoms with Crippen molar-refractivity contribution < 1.29 is 4.39 Å². The molecule has 0 bridgehead atoms. The number of aliphatic imine (C=N–C) groups is 1. The van der Waals surface area contributed by atoms with Gasteiger partial charge in [-0.05, 0) is 36.9 Å². The van der Waals surface area contributed by atoms with Crippen molar-refractivity contribution >= 4 is 17.4 Å². The molecular weight excluding hydrogens is 321 g/mol. The highest BCUT2D eigenvalue weighted by molar-refractivity contribution is 6.06. The van der Waals surface area contributed by atoms with Crippen molar-refractivity contribution in [3.63, 3.8) is 0 Å². The summed E-state index contributed by atoms with van der Waals surface area (Å²) in [4.78, 5) is 10.3. The predicted molar refractivity (Wildman–Crippen MR) is 99.8 cm³/mol. The topological polar surface area (TPSA) is 116 Å². The summed E-state index contributed by atoms with van der Waals surface area (Å²) in [7, 11) is 1.76. The molecule has 1 saturated heterocycles. The Hall–Kier alpha value is -2.90. The van der Waals surface area contributed by atoms with Crippen LogP contribution in [0.25, 0.3) is 0 Å². The first-order chi connectivity index (χ1) is 12.0. The third-order valence-corrected chi connectivity index (χ3v) is 3.71. The fourth-order valence-corrected chi connectivity index (χ4v) is 2.38. The van der Waals surface area contributed by atoms with Gasteiger partial charge in [0.2, 0.25) is 0 Å². The molecule has 1 aliphatic rings. The minimum absolute atomic E-state index is 0.208. The lowest BCUT2D eigenvalue weighted by atomic mass is 10.1. The van der Waals surface area contributed by atoms with Crippen LogP contribution in [0.5, 0.6) is 0 Å². The standard InChI is InChI=1S/C17H24FN7/c1-22-6-4-16(21)23-10-14(19)8-15(20)12-2-3-17(24-9-12)25-7-5-13(18)11-25/h2-4,6,8-9,13,20,22H,5,7,10-11,19H2,1H3,(H2,21,23)/b6-4-,14-8-,20-15?/t13-/m0/s1. The first kappa shape index (κ1) is 18.4. The van der Waals surface area contributed by atoms with E-state index in [9.17, 15) is 4.39 Å². The highest BCUT2D eigenvalue weighted by Crippen LogP contribution is 2.20. The number of nitrogens with two attached hydrogens (primary N) is 2. The zero-order valence-electron chi connectivity index (χ0n) is 14.2. The van der Waals surface area contributed by atoms with Crippen molar-refractivity contribution in [1.29, 1.82) is 5.41 Å². The van der Waals surface area contributed by atoms with Crippen LogP contribution in [0, 0.1) is 5.41 Å². The fourth-order valence-electron chi connectivity index (χ4n) is 2.38. The summed E-state index contributed by atoms with van der Waals surface area (Å²) in [6, 6.07) is 3.58. The van der Waals surface area contributed by atoms with Crippen LogP contribution in [-0.4, -0.2) is 49.4 Å². The van der Waals surface area contributed by atoms with Gasteiger partial charge in [0, 0.05) is 31.0 Å². The number of pyridine rings is 1. The number of halogens is 1. The molecule has 6 N–H and O–H groups in total. The van der Waals surface area contributed by atoms with Gasteiger partial charge in [-0.1, -0.05) is 0 Å². The molecule has 1 aromatic rings. The van der Waals surface area contributed by atoms with Gasteiger partial charge in [-0.3, -0.25) is 4.99 Å². The number of nitrogens with zero attached hydrogens (tertiary/aromatic N) is 3. The van der Waals surface area contributed by atoms with Crippen molar-refractivity contribution in [3.05, 3.63) is 47.9 Å². The Balaban J connectivity index is 1.96. The maximum atomic E-state index is 13.3. The molecule has 1 aliphatic heterocycles. The summed E-state index contributed by atoms with van der Waals surface area (Å²) in [5.41, 5.74) is 12.9. The maximum absolute atomic E-state index is 13.3.